The van der Waals surface area contributed by atoms with Crippen molar-refractivity contribution in [1.82, 2.24) is 0 Å². The molecule has 0 aromatic carbocycles. The Morgan fingerprint density at radius 3 is 2.71 bits per heavy atom. The quantitative estimate of drug-likeness (QED) is 0.748. The van der Waals surface area contributed by atoms with Gasteiger partial charge in [-0.25, -0.2) is 0 Å². The molecule has 2 heteroatoms. The fourth-order valence-corrected chi connectivity index (χ4v) is 5.74. The van der Waals surface area contributed by atoms with E-state index in [1.807, 2.05) is 0 Å². The molecule has 0 saturated heterocycles. The smallest absolute Gasteiger partial charge is 0.123 e. The summed E-state index contributed by atoms with van der Waals surface area (Å²) < 4.78 is 0. The number of carbonyl (C=O) groups is 1. The van der Waals surface area contributed by atoms with E-state index >= 15 is 0 Å². The highest BCUT2D eigenvalue weighted by Gasteiger charge is 2.65. The number of hydrogen-bond donors (Lipinski definition) is 1. The second-order valence-electron chi connectivity index (χ2n) is 7.21. The summed E-state index contributed by atoms with van der Waals surface area (Å²) in [6.07, 6.45) is 7.24. The van der Waals surface area contributed by atoms with E-state index in [4.69, 9.17) is 0 Å². The van der Waals surface area contributed by atoms with Crippen LogP contribution in [0.25, 0.3) is 0 Å². The molecule has 3 saturated carbocycles. The summed E-state index contributed by atoms with van der Waals surface area (Å²) in [4.78, 5) is 11.5. The average molecular weight is 236 g/mol. The highest BCUT2D eigenvalue weighted by atomic mass is 16.3. The molecule has 3 fully saturated rings. The van der Waals surface area contributed by atoms with E-state index in [2.05, 4.69) is 13.8 Å². The number of carbonyl (C=O) groups excluding carboxylic acids is 1. The van der Waals surface area contributed by atoms with Crippen molar-refractivity contribution >= 4 is 6.29 Å². The van der Waals surface area contributed by atoms with Gasteiger partial charge in [0.2, 0.25) is 0 Å². The topological polar surface area (TPSA) is 37.3 Å². The SMILES string of the molecule is C[C@]1(CO)CCC[C@]2(C)[C@H](C=O)[C@H]3CC[C@H]2[C@H]31. The van der Waals surface area contributed by atoms with Gasteiger partial charge in [0.05, 0.1) is 0 Å². The minimum atomic E-state index is 0.0708. The van der Waals surface area contributed by atoms with Crippen molar-refractivity contribution in [2.45, 2.75) is 46.0 Å². The molecule has 0 aromatic heterocycles. The van der Waals surface area contributed by atoms with Gasteiger partial charge in [-0.05, 0) is 54.3 Å². The molecule has 6 atom stereocenters. The van der Waals surface area contributed by atoms with E-state index in [-0.39, 0.29) is 16.7 Å². The predicted octanol–water partition coefficient (Wildman–Crippen LogP) is 2.65. The molecular formula is C15H24O2. The molecule has 0 aromatic rings. The zero-order valence-electron chi connectivity index (χ0n) is 11.0. The number of aldehydes is 1. The summed E-state index contributed by atoms with van der Waals surface area (Å²) in [5.74, 6) is 2.09. The van der Waals surface area contributed by atoms with Crippen LogP contribution in [0.2, 0.25) is 0 Å². The van der Waals surface area contributed by atoms with Crippen LogP contribution in [0.15, 0.2) is 0 Å². The molecular weight excluding hydrogens is 212 g/mol. The van der Waals surface area contributed by atoms with E-state index in [9.17, 15) is 9.90 Å². The van der Waals surface area contributed by atoms with Gasteiger partial charge in [-0.1, -0.05) is 20.3 Å². The van der Waals surface area contributed by atoms with Gasteiger partial charge in [0, 0.05) is 12.5 Å². The average Bonchev–Trinajstić information content (AvgIpc) is 2.79. The molecule has 4 bridgehead atoms. The Bertz CT molecular complexity index is 340. The van der Waals surface area contributed by atoms with Crippen LogP contribution in [0.4, 0.5) is 0 Å². The van der Waals surface area contributed by atoms with E-state index in [0.29, 0.717) is 24.4 Å². The number of rotatable bonds is 2. The lowest BCUT2D eigenvalue weighted by Gasteiger charge is -2.38. The lowest BCUT2D eigenvalue weighted by molar-refractivity contribution is -0.117. The minimum Gasteiger partial charge on any atom is -0.396 e. The molecule has 0 spiro atoms. The number of aliphatic hydroxyl groups excluding tert-OH is 1. The summed E-state index contributed by atoms with van der Waals surface area (Å²) in [6, 6.07) is 0. The van der Waals surface area contributed by atoms with Crippen molar-refractivity contribution in [1.29, 1.82) is 0 Å². The van der Waals surface area contributed by atoms with Gasteiger partial charge in [-0.2, -0.15) is 0 Å². The van der Waals surface area contributed by atoms with Crippen molar-refractivity contribution in [2.75, 3.05) is 6.61 Å². The fraction of sp³-hybridized carbons (Fsp3) is 0.933. The number of hydrogen-bond acceptors (Lipinski definition) is 2. The summed E-state index contributed by atoms with van der Waals surface area (Å²) in [5.41, 5.74) is 0.309. The molecule has 2 nitrogen and oxygen atoms in total. The van der Waals surface area contributed by atoms with Gasteiger partial charge < -0.3 is 9.90 Å². The molecule has 1 N–H and O–H groups in total. The predicted molar refractivity (Wildman–Crippen MR) is 66.4 cm³/mol. The van der Waals surface area contributed by atoms with Crippen LogP contribution < -0.4 is 0 Å². The van der Waals surface area contributed by atoms with E-state index in [0.717, 1.165) is 6.42 Å². The maximum atomic E-state index is 11.5. The van der Waals surface area contributed by atoms with Crippen LogP contribution in [-0.2, 0) is 4.79 Å². The standard InChI is InChI=1S/C15H24O2/c1-14(9-17)6-3-7-15(2)11-5-4-10(13(11)14)12(15)8-16/h8,10-13,17H,3-7,9H2,1-2H3/t10-,11+,12-,13+,14-,15+/m1/s1. The van der Waals surface area contributed by atoms with Gasteiger partial charge in [0.15, 0.2) is 0 Å². The highest BCUT2D eigenvalue weighted by Crippen LogP contribution is 2.70. The van der Waals surface area contributed by atoms with Crippen LogP contribution in [0, 0.1) is 34.5 Å². The number of aliphatic hydroxyl groups is 1. The van der Waals surface area contributed by atoms with Crippen molar-refractivity contribution < 1.29 is 9.90 Å². The Morgan fingerprint density at radius 1 is 1.29 bits per heavy atom. The first-order valence-electron chi connectivity index (χ1n) is 7.13. The second-order valence-corrected chi connectivity index (χ2v) is 7.21. The van der Waals surface area contributed by atoms with Crippen molar-refractivity contribution in [2.24, 2.45) is 34.5 Å². The van der Waals surface area contributed by atoms with Gasteiger partial charge in [0.1, 0.15) is 6.29 Å². The Balaban J connectivity index is 2.06. The van der Waals surface area contributed by atoms with Gasteiger partial charge in [0.25, 0.3) is 0 Å². The van der Waals surface area contributed by atoms with Crippen LogP contribution in [0.3, 0.4) is 0 Å². The van der Waals surface area contributed by atoms with Crippen molar-refractivity contribution in [3.05, 3.63) is 0 Å². The zero-order chi connectivity index (χ0) is 12.3. The van der Waals surface area contributed by atoms with Crippen molar-refractivity contribution in [3.63, 3.8) is 0 Å². The van der Waals surface area contributed by atoms with E-state index in [1.54, 1.807) is 0 Å². The monoisotopic (exact) mass is 236 g/mol. The normalized spacial score (nSPS) is 56.9. The summed E-state index contributed by atoms with van der Waals surface area (Å²) in [6.45, 7) is 4.89. The first-order chi connectivity index (χ1) is 8.07. The molecule has 3 aliphatic carbocycles. The summed E-state index contributed by atoms with van der Waals surface area (Å²) in [5, 5.41) is 9.81. The minimum absolute atomic E-state index is 0.0708. The third kappa shape index (κ3) is 1.28. The Morgan fingerprint density at radius 2 is 2.06 bits per heavy atom. The first-order valence-corrected chi connectivity index (χ1v) is 7.13. The lowest BCUT2D eigenvalue weighted by atomic mass is 9.65. The highest BCUT2D eigenvalue weighted by molar-refractivity contribution is 5.58. The van der Waals surface area contributed by atoms with Gasteiger partial charge >= 0.3 is 0 Å². The molecule has 0 unspecified atom stereocenters. The van der Waals surface area contributed by atoms with Gasteiger partial charge in [-0.15, -0.1) is 0 Å². The molecule has 0 heterocycles. The molecule has 0 amide bonds. The second kappa shape index (κ2) is 3.57. The molecule has 0 radical (unpaired) electrons. The Labute approximate surface area is 104 Å². The first kappa shape index (κ1) is 11.7. The molecule has 3 rings (SSSR count). The Hall–Kier alpha value is -0.370. The van der Waals surface area contributed by atoms with E-state index < -0.39 is 0 Å². The van der Waals surface area contributed by atoms with Crippen LogP contribution >= 0.6 is 0 Å². The third-order valence-corrected chi connectivity index (χ3v) is 6.55. The maximum absolute atomic E-state index is 11.5. The third-order valence-electron chi connectivity index (χ3n) is 6.55. The fourth-order valence-electron chi connectivity index (χ4n) is 5.74. The van der Waals surface area contributed by atoms with Crippen LogP contribution in [0.1, 0.15) is 46.0 Å². The zero-order valence-corrected chi connectivity index (χ0v) is 11.0. The molecule has 17 heavy (non-hydrogen) atoms. The molecule has 0 aliphatic heterocycles. The van der Waals surface area contributed by atoms with Crippen molar-refractivity contribution in [3.8, 4) is 0 Å². The largest absolute Gasteiger partial charge is 0.396 e. The van der Waals surface area contributed by atoms with E-state index in [1.165, 1.54) is 32.0 Å². The summed E-state index contributed by atoms with van der Waals surface area (Å²) in [7, 11) is 0. The summed E-state index contributed by atoms with van der Waals surface area (Å²) >= 11 is 0. The Kier molecular flexibility index (Phi) is 2.46. The maximum Gasteiger partial charge on any atom is 0.123 e. The van der Waals surface area contributed by atoms with Gasteiger partial charge in [-0.3, -0.25) is 0 Å². The van der Waals surface area contributed by atoms with Crippen LogP contribution in [-0.4, -0.2) is 18.0 Å². The lowest BCUT2D eigenvalue weighted by Crippen LogP contribution is -2.35. The molecule has 96 valence electrons. The van der Waals surface area contributed by atoms with Crippen LogP contribution in [0.5, 0.6) is 0 Å². The molecule has 3 aliphatic rings.